The Hall–Kier alpha value is -2.73. The van der Waals surface area contributed by atoms with Gasteiger partial charge in [0, 0.05) is 6.07 Å². The molecule has 0 saturated carbocycles. The summed E-state index contributed by atoms with van der Waals surface area (Å²) in [6.07, 6.45) is 3.53. The molecule has 0 aliphatic carbocycles. The number of benzene rings is 2. The second kappa shape index (κ2) is 7.70. The summed E-state index contributed by atoms with van der Waals surface area (Å²) in [6.45, 7) is 0. The highest BCUT2D eigenvalue weighted by molar-refractivity contribution is 6.32. The molecule has 0 aliphatic rings. The van der Waals surface area contributed by atoms with Crippen molar-refractivity contribution in [3.8, 4) is 17.2 Å². The molecule has 0 aromatic heterocycles. The van der Waals surface area contributed by atoms with Crippen LogP contribution in [-0.2, 0) is 0 Å². The third-order valence-corrected chi connectivity index (χ3v) is 3.64. The highest BCUT2D eigenvalue weighted by atomic mass is 35.5. The van der Waals surface area contributed by atoms with Crippen LogP contribution in [0.15, 0.2) is 30.3 Å². The number of halogens is 1. The van der Waals surface area contributed by atoms with Gasteiger partial charge in [-0.2, -0.15) is 0 Å². The minimum absolute atomic E-state index is 0.102. The predicted octanol–water partition coefficient (Wildman–Crippen LogP) is 4.44. The van der Waals surface area contributed by atoms with Crippen LogP contribution in [-0.4, -0.2) is 26.3 Å². The number of rotatable bonds is 6. The molecule has 0 amide bonds. The molecule has 126 valence electrons. The summed E-state index contributed by atoms with van der Waals surface area (Å²) < 4.78 is 15.9. The fourth-order valence-electron chi connectivity index (χ4n) is 2.16. The van der Waals surface area contributed by atoms with Crippen molar-refractivity contribution in [3.63, 3.8) is 0 Å². The summed E-state index contributed by atoms with van der Waals surface area (Å²) in [5.41, 5.74) is 1.31. The van der Waals surface area contributed by atoms with E-state index in [2.05, 4.69) is 0 Å². The van der Waals surface area contributed by atoms with Gasteiger partial charge < -0.3 is 14.2 Å². The molecule has 0 spiro atoms. The Bertz CT molecular complexity index is 764. The molecule has 0 saturated heterocycles. The van der Waals surface area contributed by atoms with Crippen LogP contribution in [0.4, 0.5) is 5.69 Å². The Morgan fingerprint density at radius 2 is 1.54 bits per heavy atom. The number of ether oxygens (including phenoxy) is 3. The molecule has 2 rings (SSSR count). The van der Waals surface area contributed by atoms with Crippen molar-refractivity contribution >= 4 is 29.4 Å². The maximum Gasteiger partial charge on any atom is 0.288 e. The Kier molecular flexibility index (Phi) is 5.65. The number of nitrogens with zero attached hydrogens (tertiary/aromatic N) is 1. The van der Waals surface area contributed by atoms with Crippen molar-refractivity contribution in [1.29, 1.82) is 0 Å². The number of methoxy groups -OCH3 is 3. The predicted molar refractivity (Wildman–Crippen MR) is 93.1 cm³/mol. The van der Waals surface area contributed by atoms with Crippen molar-refractivity contribution in [3.05, 3.63) is 56.6 Å². The van der Waals surface area contributed by atoms with Crippen molar-refractivity contribution in [1.82, 2.24) is 0 Å². The SMILES string of the molecule is COc1cc(C=Cc2ccc(Cl)c([N+](=O)[O-])c2)cc(OC)c1OC. The van der Waals surface area contributed by atoms with Crippen LogP contribution in [0.1, 0.15) is 11.1 Å². The summed E-state index contributed by atoms with van der Waals surface area (Å²) in [4.78, 5) is 10.4. The minimum atomic E-state index is -0.515. The van der Waals surface area contributed by atoms with Gasteiger partial charge in [-0.1, -0.05) is 29.8 Å². The molecule has 7 heteroatoms. The Morgan fingerprint density at radius 3 is 2.04 bits per heavy atom. The maximum absolute atomic E-state index is 10.9. The van der Waals surface area contributed by atoms with Crippen LogP contribution < -0.4 is 14.2 Å². The first kappa shape index (κ1) is 17.6. The van der Waals surface area contributed by atoms with Crippen LogP contribution in [0.5, 0.6) is 17.2 Å². The topological polar surface area (TPSA) is 70.8 Å². The first-order valence-electron chi connectivity index (χ1n) is 6.92. The Balaban J connectivity index is 2.39. The van der Waals surface area contributed by atoms with Crippen molar-refractivity contribution in [2.24, 2.45) is 0 Å². The number of nitro groups is 1. The first-order valence-corrected chi connectivity index (χ1v) is 7.30. The van der Waals surface area contributed by atoms with Gasteiger partial charge in [-0.3, -0.25) is 10.1 Å². The van der Waals surface area contributed by atoms with Crippen LogP contribution in [0, 0.1) is 10.1 Å². The summed E-state index contributed by atoms with van der Waals surface area (Å²) >= 11 is 5.81. The van der Waals surface area contributed by atoms with Crippen molar-refractivity contribution in [2.75, 3.05) is 21.3 Å². The molecule has 2 aromatic rings. The molecule has 0 heterocycles. The van der Waals surface area contributed by atoms with E-state index in [1.807, 2.05) is 0 Å². The van der Waals surface area contributed by atoms with E-state index in [-0.39, 0.29) is 10.7 Å². The lowest BCUT2D eigenvalue weighted by molar-refractivity contribution is -0.384. The molecule has 2 aromatic carbocycles. The molecule has 0 aliphatic heterocycles. The van der Waals surface area contributed by atoms with Gasteiger partial charge in [-0.15, -0.1) is 0 Å². The van der Waals surface area contributed by atoms with E-state index >= 15 is 0 Å². The summed E-state index contributed by atoms with van der Waals surface area (Å²) in [5, 5.41) is 11.0. The first-order chi connectivity index (χ1) is 11.5. The second-order valence-electron chi connectivity index (χ2n) is 4.76. The zero-order valence-electron chi connectivity index (χ0n) is 13.4. The lowest BCUT2D eigenvalue weighted by Crippen LogP contribution is -1.95. The van der Waals surface area contributed by atoms with E-state index in [4.69, 9.17) is 25.8 Å². The molecule has 24 heavy (non-hydrogen) atoms. The normalized spacial score (nSPS) is 10.7. The largest absolute Gasteiger partial charge is 0.493 e. The lowest BCUT2D eigenvalue weighted by atomic mass is 10.1. The molecule has 6 nitrogen and oxygen atoms in total. The van der Waals surface area contributed by atoms with E-state index < -0.39 is 4.92 Å². The quantitative estimate of drug-likeness (QED) is 0.438. The zero-order chi connectivity index (χ0) is 17.7. The minimum Gasteiger partial charge on any atom is -0.493 e. The van der Waals surface area contributed by atoms with Crippen LogP contribution in [0.3, 0.4) is 0 Å². The van der Waals surface area contributed by atoms with Gasteiger partial charge in [0.05, 0.1) is 26.3 Å². The molecular weight excluding hydrogens is 334 g/mol. The van der Waals surface area contributed by atoms with Crippen LogP contribution in [0.2, 0.25) is 5.02 Å². The average Bonchev–Trinajstić information content (AvgIpc) is 2.59. The van der Waals surface area contributed by atoms with Gasteiger partial charge in [0.25, 0.3) is 5.69 Å². The second-order valence-corrected chi connectivity index (χ2v) is 5.17. The van der Waals surface area contributed by atoms with Crippen molar-refractivity contribution in [2.45, 2.75) is 0 Å². The summed E-state index contributed by atoms with van der Waals surface area (Å²) in [6, 6.07) is 8.17. The molecule has 0 bridgehead atoms. The fourth-order valence-corrected chi connectivity index (χ4v) is 2.35. The van der Waals surface area contributed by atoms with Crippen molar-refractivity contribution < 1.29 is 19.1 Å². The molecule has 0 atom stereocenters. The Labute approximate surface area is 144 Å². The zero-order valence-corrected chi connectivity index (χ0v) is 14.2. The van der Waals surface area contributed by atoms with Gasteiger partial charge in [0.2, 0.25) is 5.75 Å². The highest BCUT2D eigenvalue weighted by Crippen LogP contribution is 2.38. The van der Waals surface area contributed by atoms with Gasteiger partial charge in [0.15, 0.2) is 11.5 Å². The lowest BCUT2D eigenvalue weighted by Gasteiger charge is -2.12. The fraction of sp³-hybridized carbons (Fsp3) is 0.176. The van der Waals surface area contributed by atoms with E-state index in [9.17, 15) is 10.1 Å². The van der Waals surface area contributed by atoms with E-state index in [0.717, 1.165) is 5.56 Å². The standard InChI is InChI=1S/C17H16ClNO5/c1-22-15-9-12(10-16(23-2)17(15)24-3)5-4-11-6-7-13(18)14(8-11)19(20)21/h4-10H,1-3H3. The highest BCUT2D eigenvalue weighted by Gasteiger charge is 2.13. The molecule has 0 radical (unpaired) electrons. The number of hydrogen-bond donors (Lipinski definition) is 0. The van der Waals surface area contributed by atoms with E-state index in [1.54, 1.807) is 30.4 Å². The van der Waals surface area contributed by atoms with E-state index in [0.29, 0.717) is 22.8 Å². The monoisotopic (exact) mass is 349 g/mol. The van der Waals surface area contributed by atoms with Gasteiger partial charge in [-0.25, -0.2) is 0 Å². The van der Waals surface area contributed by atoms with E-state index in [1.165, 1.54) is 33.5 Å². The smallest absolute Gasteiger partial charge is 0.288 e. The van der Waals surface area contributed by atoms with Gasteiger partial charge in [0.1, 0.15) is 5.02 Å². The third kappa shape index (κ3) is 3.78. The summed E-state index contributed by atoms with van der Waals surface area (Å²) in [7, 11) is 4.60. The molecular formula is C17H16ClNO5. The average molecular weight is 350 g/mol. The third-order valence-electron chi connectivity index (χ3n) is 3.32. The van der Waals surface area contributed by atoms with Crippen LogP contribution in [0.25, 0.3) is 12.2 Å². The number of hydrogen-bond acceptors (Lipinski definition) is 5. The molecule has 0 fully saturated rings. The molecule has 0 N–H and O–H groups in total. The van der Waals surface area contributed by atoms with Gasteiger partial charge in [-0.05, 0) is 29.3 Å². The number of nitro benzene ring substituents is 1. The molecule has 0 unspecified atom stereocenters. The Morgan fingerprint density at radius 1 is 0.958 bits per heavy atom. The maximum atomic E-state index is 10.9. The van der Waals surface area contributed by atoms with Gasteiger partial charge >= 0.3 is 0 Å². The summed E-state index contributed by atoms with van der Waals surface area (Å²) in [5.74, 6) is 1.55. The van der Waals surface area contributed by atoms with Crippen LogP contribution >= 0.6 is 11.6 Å².